The van der Waals surface area contributed by atoms with E-state index in [0.717, 1.165) is 51.7 Å². The molecule has 1 saturated carbocycles. The van der Waals surface area contributed by atoms with Crippen molar-refractivity contribution >= 4 is 5.78 Å². The Balaban J connectivity index is 1.52. The Morgan fingerprint density at radius 2 is 2.04 bits per heavy atom. The van der Waals surface area contributed by atoms with Crippen LogP contribution in [0.1, 0.15) is 51.0 Å². The molecule has 1 aliphatic carbocycles. The molecule has 0 aromatic heterocycles. The summed E-state index contributed by atoms with van der Waals surface area (Å²) in [6.45, 7) is 4.97. The van der Waals surface area contributed by atoms with Crippen molar-refractivity contribution in [2.24, 2.45) is 11.8 Å². The summed E-state index contributed by atoms with van der Waals surface area (Å²) in [5, 5.41) is 10.9. The largest absolute Gasteiger partial charge is 0.389 e. The van der Waals surface area contributed by atoms with E-state index in [0.29, 0.717) is 18.1 Å². The zero-order chi connectivity index (χ0) is 16.3. The highest BCUT2D eigenvalue weighted by atomic mass is 16.3. The molecule has 0 radical (unpaired) electrons. The lowest BCUT2D eigenvalue weighted by Crippen LogP contribution is -2.34. The van der Waals surface area contributed by atoms with Gasteiger partial charge in [-0.15, -0.1) is 0 Å². The van der Waals surface area contributed by atoms with Gasteiger partial charge in [-0.2, -0.15) is 0 Å². The zero-order valence-electron chi connectivity index (χ0n) is 14.2. The quantitative estimate of drug-likeness (QED) is 0.874. The maximum absolute atomic E-state index is 12.4. The van der Waals surface area contributed by atoms with Crippen LogP contribution < -0.4 is 0 Å². The number of hydrogen-bond donors (Lipinski definition) is 1. The molecule has 3 rings (SSSR count). The lowest BCUT2D eigenvalue weighted by atomic mass is 9.88. The van der Waals surface area contributed by atoms with Crippen molar-refractivity contribution in [2.75, 3.05) is 13.1 Å². The van der Waals surface area contributed by atoms with Crippen LogP contribution in [0.3, 0.4) is 0 Å². The number of hydrogen-bond acceptors (Lipinski definition) is 3. The van der Waals surface area contributed by atoms with Crippen LogP contribution in [0.5, 0.6) is 0 Å². The second-order valence-electron chi connectivity index (χ2n) is 7.49. The van der Waals surface area contributed by atoms with Crippen LogP contribution in [0.25, 0.3) is 0 Å². The molecule has 1 N–H and O–H groups in total. The van der Waals surface area contributed by atoms with Crippen molar-refractivity contribution < 1.29 is 9.90 Å². The van der Waals surface area contributed by atoms with E-state index in [9.17, 15) is 9.90 Å². The van der Waals surface area contributed by atoms with Crippen molar-refractivity contribution in [2.45, 2.75) is 57.6 Å². The molecule has 1 heterocycles. The molecule has 1 aliphatic heterocycles. The number of carbonyl (C=O) groups is 1. The standard InChI is InChI=1S/C20H29NO2/c1-2-17-13-18(17)19(22)14-20(23)9-6-11-21(12-10-20)15-16-7-4-3-5-8-16/h3-5,7-8,17-18,23H,2,6,9-15H2,1H3. The Bertz CT molecular complexity index is 530. The molecule has 126 valence electrons. The van der Waals surface area contributed by atoms with E-state index >= 15 is 0 Å². The third kappa shape index (κ3) is 4.42. The Kier molecular flexibility index (Phi) is 5.17. The molecule has 3 atom stereocenters. The van der Waals surface area contributed by atoms with Crippen LogP contribution in [0.15, 0.2) is 30.3 Å². The summed E-state index contributed by atoms with van der Waals surface area (Å²) in [7, 11) is 0. The molecule has 1 aromatic carbocycles. The SMILES string of the molecule is CCC1CC1C(=O)CC1(O)CCCN(Cc2ccccc2)CC1. The first kappa shape index (κ1) is 16.7. The number of aliphatic hydroxyl groups is 1. The van der Waals surface area contributed by atoms with Gasteiger partial charge in [-0.1, -0.05) is 43.7 Å². The lowest BCUT2D eigenvalue weighted by molar-refractivity contribution is -0.126. The summed E-state index contributed by atoms with van der Waals surface area (Å²) in [5.41, 5.74) is 0.543. The van der Waals surface area contributed by atoms with Gasteiger partial charge in [-0.05, 0) is 43.7 Å². The van der Waals surface area contributed by atoms with Gasteiger partial charge in [0.2, 0.25) is 0 Å². The highest BCUT2D eigenvalue weighted by molar-refractivity contribution is 5.84. The molecule has 0 spiro atoms. The molecule has 3 unspecified atom stereocenters. The minimum absolute atomic E-state index is 0.243. The zero-order valence-corrected chi connectivity index (χ0v) is 14.2. The fraction of sp³-hybridized carbons (Fsp3) is 0.650. The highest BCUT2D eigenvalue weighted by Crippen LogP contribution is 2.43. The van der Waals surface area contributed by atoms with Crippen molar-refractivity contribution in [1.82, 2.24) is 4.90 Å². The fourth-order valence-corrected chi connectivity index (χ4v) is 3.96. The van der Waals surface area contributed by atoms with Crippen LogP contribution in [0.4, 0.5) is 0 Å². The molecule has 2 fully saturated rings. The van der Waals surface area contributed by atoms with Gasteiger partial charge in [0.05, 0.1) is 5.60 Å². The van der Waals surface area contributed by atoms with Gasteiger partial charge in [0.15, 0.2) is 0 Å². The van der Waals surface area contributed by atoms with Gasteiger partial charge in [0.1, 0.15) is 5.78 Å². The van der Waals surface area contributed by atoms with Gasteiger partial charge in [0, 0.05) is 25.4 Å². The molecule has 2 aliphatic rings. The molecule has 1 saturated heterocycles. The second-order valence-corrected chi connectivity index (χ2v) is 7.49. The topological polar surface area (TPSA) is 40.5 Å². The molecule has 3 heteroatoms. The minimum atomic E-state index is -0.774. The minimum Gasteiger partial charge on any atom is -0.389 e. The van der Waals surface area contributed by atoms with Gasteiger partial charge in [-0.3, -0.25) is 9.69 Å². The number of nitrogens with zero attached hydrogens (tertiary/aromatic N) is 1. The van der Waals surface area contributed by atoms with Crippen molar-refractivity contribution in [3.63, 3.8) is 0 Å². The molecule has 1 aromatic rings. The van der Waals surface area contributed by atoms with Gasteiger partial charge in [-0.25, -0.2) is 0 Å². The number of ketones is 1. The second kappa shape index (κ2) is 7.14. The smallest absolute Gasteiger partial charge is 0.139 e. The Morgan fingerprint density at radius 1 is 1.26 bits per heavy atom. The van der Waals surface area contributed by atoms with Gasteiger partial charge >= 0.3 is 0 Å². The summed E-state index contributed by atoms with van der Waals surface area (Å²) in [6.07, 6.45) is 4.96. The average Bonchev–Trinajstić information content (AvgIpc) is 3.34. The van der Waals surface area contributed by atoms with Crippen molar-refractivity contribution in [3.8, 4) is 0 Å². The monoisotopic (exact) mass is 315 g/mol. The summed E-state index contributed by atoms with van der Waals surface area (Å²) in [6, 6.07) is 10.5. The maximum Gasteiger partial charge on any atom is 0.139 e. The highest BCUT2D eigenvalue weighted by Gasteiger charge is 2.44. The van der Waals surface area contributed by atoms with Crippen LogP contribution >= 0.6 is 0 Å². The van der Waals surface area contributed by atoms with Crippen LogP contribution in [0.2, 0.25) is 0 Å². The fourth-order valence-electron chi connectivity index (χ4n) is 3.96. The van der Waals surface area contributed by atoms with E-state index in [1.165, 1.54) is 5.56 Å². The number of Topliss-reactive ketones (excluding diaryl/α,β-unsaturated/α-hetero) is 1. The Labute approximate surface area is 139 Å². The molecule has 0 amide bonds. The van der Waals surface area contributed by atoms with Crippen LogP contribution in [-0.2, 0) is 11.3 Å². The maximum atomic E-state index is 12.4. The number of rotatable bonds is 6. The predicted octanol–water partition coefficient (Wildman–Crippen LogP) is 3.41. The van der Waals surface area contributed by atoms with Gasteiger partial charge in [0.25, 0.3) is 0 Å². The summed E-state index contributed by atoms with van der Waals surface area (Å²) < 4.78 is 0. The van der Waals surface area contributed by atoms with Crippen molar-refractivity contribution in [1.29, 1.82) is 0 Å². The summed E-state index contributed by atoms with van der Waals surface area (Å²) >= 11 is 0. The first-order valence-electron chi connectivity index (χ1n) is 9.11. The van der Waals surface area contributed by atoms with E-state index in [1.807, 2.05) is 6.07 Å². The predicted molar refractivity (Wildman–Crippen MR) is 92.0 cm³/mol. The van der Waals surface area contributed by atoms with Crippen LogP contribution in [-0.4, -0.2) is 34.5 Å². The first-order valence-corrected chi connectivity index (χ1v) is 9.11. The Morgan fingerprint density at radius 3 is 2.74 bits per heavy atom. The van der Waals surface area contributed by atoms with Crippen molar-refractivity contribution in [3.05, 3.63) is 35.9 Å². The third-order valence-electron chi connectivity index (χ3n) is 5.62. The molecule has 3 nitrogen and oxygen atoms in total. The van der Waals surface area contributed by atoms with Crippen LogP contribution in [0, 0.1) is 11.8 Å². The average molecular weight is 315 g/mol. The summed E-state index contributed by atoms with van der Waals surface area (Å²) in [4.78, 5) is 14.8. The normalized spacial score (nSPS) is 31.6. The van der Waals surface area contributed by atoms with E-state index in [1.54, 1.807) is 0 Å². The number of carbonyl (C=O) groups excluding carboxylic acids is 1. The van der Waals surface area contributed by atoms with E-state index in [-0.39, 0.29) is 5.92 Å². The summed E-state index contributed by atoms with van der Waals surface area (Å²) in [5.74, 6) is 1.13. The molecule has 23 heavy (non-hydrogen) atoms. The Hall–Kier alpha value is -1.19. The van der Waals surface area contributed by atoms with E-state index < -0.39 is 5.60 Å². The number of benzene rings is 1. The van der Waals surface area contributed by atoms with E-state index in [2.05, 4.69) is 36.1 Å². The van der Waals surface area contributed by atoms with E-state index in [4.69, 9.17) is 0 Å². The molecular formula is C20H29NO2. The van der Waals surface area contributed by atoms with Gasteiger partial charge < -0.3 is 5.11 Å². The first-order chi connectivity index (χ1) is 11.1. The molecule has 0 bridgehead atoms. The third-order valence-corrected chi connectivity index (χ3v) is 5.62. The number of likely N-dealkylation sites (tertiary alicyclic amines) is 1. The lowest BCUT2D eigenvalue weighted by Gasteiger charge is -2.26. The molecular weight excluding hydrogens is 286 g/mol.